The van der Waals surface area contributed by atoms with Gasteiger partial charge < -0.3 is 10.6 Å². The highest BCUT2D eigenvalue weighted by Crippen LogP contribution is 2.26. The number of rotatable bonds is 3. The van der Waals surface area contributed by atoms with Gasteiger partial charge in [-0.25, -0.2) is 0 Å². The zero-order chi connectivity index (χ0) is 16.3. The maximum Gasteiger partial charge on any atom is 0.306 e. The molecule has 2 rings (SSSR count). The number of benzene rings is 2. The standard InChI is InChI=1S/C13H8Cl2FN3O2S/c14-7-1-3-9(15)11(5-7)18-13(22)17-8-2-4-10(16)12(6-8)19(20)21/h1-6H,(H2,17,18,22). The van der Waals surface area contributed by atoms with Gasteiger partial charge in [-0.15, -0.1) is 0 Å². The van der Waals surface area contributed by atoms with E-state index in [1.165, 1.54) is 6.07 Å². The number of nitrogens with zero attached hydrogens (tertiary/aromatic N) is 1. The number of hydrogen-bond donors (Lipinski definition) is 2. The first kappa shape index (κ1) is 16.4. The van der Waals surface area contributed by atoms with Crippen LogP contribution in [0.4, 0.5) is 21.5 Å². The zero-order valence-corrected chi connectivity index (χ0v) is 13.1. The Kier molecular flexibility index (Phi) is 5.12. The van der Waals surface area contributed by atoms with Crippen molar-refractivity contribution in [3.05, 3.63) is 62.4 Å². The summed E-state index contributed by atoms with van der Waals surface area (Å²) < 4.78 is 13.3. The Morgan fingerprint density at radius 3 is 2.59 bits per heavy atom. The van der Waals surface area contributed by atoms with Crippen molar-refractivity contribution in [1.82, 2.24) is 0 Å². The van der Waals surface area contributed by atoms with E-state index in [-0.39, 0.29) is 10.8 Å². The lowest BCUT2D eigenvalue weighted by Crippen LogP contribution is -2.19. The topological polar surface area (TPSA) is 67.2 Å². The Labute approximate surface area is 140 Å². The molecular formula is C13H8Cl2FN3O2S. The van der Waals surface area contributed by atoms with Gasteiger partial charge in [0, 0.05) is 16.8 Å². The van der Waals surface area contributed by atoms with Crippen molar-refractivity contribution < 1.29 is 9.31 Å². The molecule has 5 nitrogen and oxygen atoms in total. The van der Waals surface area contributed by atoms with Crippen molar-refractivity contribution >= 4 is 57.6 Å². The summed E-state index contributed by atoms with van der Waals surface area (Å²) in [7, 11) is 0. The Morgan fingerprint density at radius 2 is 1.91 bits per heavy atom. The van der Waals surface area contributed by atoms with E-state index in [1.807, 2.05) is 0 Å². The molecular weight excluding hydrogens is 352 g/mol. The fourth-order valence-electron chi connectivity index (χ4n) is 1.61. The molecule has 9 heteroatoms. The minimum absolute atomic E-state index is 0.130. The first-order chi connectivity index (χ1) is 10.4. The Bertz CT molecular complexity index is 758. The number of nitro benzene ring substituents is 1. The lowest BCUT2D eigenvalue weighted by Gasteiger charge is -2.12. The summed E-state index contributed by atoms with van der Waals surface area (Å²) in [5.74, 6) is -0.924. The Hall–Kier alpha value is -1.96. The maximum absolute atomic E-state index is 13.3. The first-order valence-electron chi connectivity index (χ1n) is 5.84. The fourth-order valence-corrected chi connectivity index (χ4v) is 2.17. The van der Waals surface area contributed by atoms with E-state index in [9.17, 15) is 14.5 Å². The molecule has 0 atom stereocenters. The molecule has 0 unspecified atom stereocenters. The molecule has 0 aliphatic rings. The van der Waals surface area contributed by atoms with Crippen molar-refractivity contribution in [2.45, 2.75) is 0 Å². The summed E-state index contributed by atoms with van der Waals surface area (Å²) in [6, 6.07) is 8.14. The lowest BCUT2D eigenvalue weighted by molar-refractivity contribution is -0.387. The van der Waals surface area contributed by atoms with Gasteiger partial charge in [0.25, 0.3) is 0 Å². The van der Waals surface area contributed by atoms with Crippen LogP contribution in [0.5, 0.6) is 0 Å². The average Bonchev–Trinajstić information content (AvgIpc) is 2.44. The van der Waals surface area contributed by atoms with E-state index in [0.717, 1.165) is 12.1 Å². The lowest BCUT2D eigenvalue weighted by atomic mass is 10.2. The van der Waals surface area contributed by atoms with Crippen LogP contribution < -0.4 is 10.6 Å². The van der Waals surface area contributed by atoms with Crippen LogP contribution >= 0.6 is 35.4 Å². The third-order valence-corrected chi connectivity index (χ3v) is 3.35. The van der Waals surface area contributed by atoms with Gasteiger partial charge in [0.1, 0.15) is 0 Å². The SMILES string of the molecule is O=[N+]([O-])c1cc(NC(=S)Nc2cc(Cl)ccc2Cl)ccc1F. The summed E-state index contributed by atoms with van der Waals surface area (Å²) in [5, 5.41) is 17.2. The summed E-state index contributed by atoms with van der Waals surface area (Å²) in [6.45, 7) is 0. The van der Waals surface area contributed by atoms with Gasteiger partial charge in [-0.2, -0.15) is 4.39 Å². The van der Waals surface area contributed by atoms with Crippen molar-refractivity contribution in [3.63, 3.8) is 0 Å². The zero-order valence-electron chi connectivity index (χ0n) is 10.8. The summed E-state index contributed by atoms with van der Waals surface area (Å²) in [6.07, 6.45) is 0. The molecule has 0 amide bonds. The monoisotopic (exact) mass is 359 g/mol. The largest absolute Gasteiger partial charge is 0.332 e. The molecule has 0 fully saturated rings. The minimum atomic E-state index is -0.924. The van der Waals surface area contributed by atoms with Crippen LogP contribution in [0.1, 0.15) is 0 Å². The van der Waals surface area contributed by atoms with E-state index < -0.39 is 16.4 Å². The van der Waals surface area contributed by atoms with E-state index >= 15 is 0 Å². The number of halogens is 3. The van der Waals surface area contributed by atoms with Gasteiger partial charge in [-0.3, -0.25) is 10.1 Å². The summed E-state index contributed by atoms with van der Waals surface area (Å²) >= 11 is 16.9. The van der Waals surface area contributed by atoms with Gasteiger partial charge >= 0.3 is 5.69 Å². The maximum atomic E-state index is 13.3. The number of nitrogens with one attached hydrogen (secondary N) is 2. The van der Waals surface area contributed by atoms with Crippen LogP contribution in [-0.2, 0) is 0 Å². The van der Waals surface area contributed by atoms with Crippen LogP contribution in [0.25, 0.3) is 0 Å². The van der Waals surface area contributed by atoms with Crippen LogP contribution in [0, 0.1) is 15.9 Å². The Morgan fingerprint density at radius 1 is 1.18 bits per heavy atom. The normalized spacial score (nSPS) is 10.1. The van der Waals surface area contributed by atoms with Gasteiger partial charge in [-0.1, -0.05) is 23.2 Å². The highest BCUT2D eigenvalue weighted by atomic mass is 35.5. The number of thiocarbonyl (C=S) groups is 1. The molecule has 0 aromatic heterocycles. The molecule has 0 saturated heterocycles. The van der Waals surface area contributed by atoms with E-state index in [1.54, 1.807) is 18.2 Å². The predicted octanol–water partition coefficient (Wildman–Crippen LogP) is 4.85. The average molecular weight is 360 g/mol. The van der Waals surface area contributed by atoms with Crippen LogP contribution in [0.15, 0.2) is 36.4 Å². The molecule has 0 spiro atoms. The van der Waals surface area contributed by atoms with E-state index in [2.05, 4.69) is 10.6 Å². The molecule has 0 aliphatic heterocycles. The fraction of sp³-hybridized carbons (Fsp3) is 0. The predicted molar refractivity (Wildman–Crippen MR) is 89.4 cm³/mol. The van der Waals surface area contributed by atoms with Gasteiger partial charge in [0.05, 0.1) is 15.6 Å². The molecule has 0 aliphatic carbocycles. The molecule has 0 saturated carbocycles. The van der Waals surface area contributed by atoms with Crippen LogP contribution in [0.2, 0.25) is 10.0 Å². The van der Waals surface area contributed by atoms with Crippen molar-refractivity contribution in [2.24, 2.45) is 0 Å². The highest BCUT2D eigenvalue weighted by molar-refractivity contribution is 7.80. The molecule has 0 bridgehead atoms. The van der Waals surface area contributed by atoms with Gasteiger partial charge in [0.15, 0.2) is 5.11 Å². The van der Waals surface area contributed by atoms with E-state index in [4.69, 9.17) is 35.4 Å². The molecule has 0 radical (unpaired) electrons. The molecule has 2 N–H and O–H groups in total. The molecule has 2 aromatic rings. The third kappa shape index (κ3) is 4.03. The Balaban J connectivity index is 2.14. The minimum Gasteiger partial charge on any atom is -0.332 e. The van der Waals surface area contributed by atoms with Gasteiger partial charge in [-0.05, 0) is 42.5 Å². The number of nitro groups is 1. The second kappa shape index (κ2) is 6.87. The number of anilines is 2. The highest BCUT2D eigenvalue weighted by Gasteiger charge is 2.14. The molecule has 0 heterocycles. The van der Waals surface area contributed by atoms with Crippen molar-refractivity contribution in [1.29, 1.82) is 0 Å². The summed E-state index contributed by atoms with van der Waals surface area (Å²) in [4.78, 5) is 9.88. The number of hydrogen-bond acceptors (Lipinski definition) is 3. The van der Waals surface area contributed by atoms with Crippen molar-refractivity contribution in [2.75, 3.05) is 10.6 Å². The third-order valence-electron chi connectivity index (χ3n) is 2.58. The smallest absolute Gasteiger partial charge is 0.306 e. The molecule has 114 valence electrons. The van der Waals surface area contributed by atoms with Crippen LogP contribution in [-0.4, -0.2) is 10.0 Å². The van der Waals surface area contributed by atoms with Crippen LogP contribution in [0.3, 0.4) is 0 Å². The van der Waals surface area contributed by atoms with Gasteiger partial charge in [0.2, 0.25) is 5.82 Å². The first-order valence-corrected chi connectivity index (χ1v) is 7.00. The quantitative estimate of drug-likeness (QED) is 0.465. The molecule has 2 aromatic carbocycles. The second-order valence-electron chi connectivity index (χ2n) is 4.13. The van der Waals surface area contributed by atoms with Crippen molar-refractivity contribution in [3.8, 4) is 0 Å². The second-order valence-corrected chi connectivity index (χ2v) is 5.38. The van der Waals surface area contributed by atoms with E-state index in [0.29, 0.717) is 15.7 Å². The summed E-state index contributed by atoms with van der Waals surface area (Å²) in [5.41, 5.74) is 0.0978. The molecule has 22 heavy (non-hydrogen) atoms.